The Morgan fingerprint density at radius 2 is 2.27 bits per heavy atom. The molecule has 0 fully saturated rings. The molecule has 0 aromatic carbocycles. The first-order chi connectivity index (χ1) is 6.95. The lowest BCUT2D eigenvalue weighted by atomic mass is 9.91. The normalized spacial score (nSPS) is 11.5. The summed E-state index contributed by atoms with van der Waals surface area (Å²) in [6.07, 6.45) is 0. The van der Waals surface area contributed by atoms with E-state index in [2.05, 4.69) is 35.1 Å². The summed E-state index contributed by atoms with van der Waals surface area (Å²) in [7, 11) is 0. The Balaban J connectivity index is 2.63. The van der Waals surface area contributed by atoms with Crippen molar-refractivity contribution in [3.63, 3.8) is 0 Å². The number of thiophene rings is 1. The highest BCUT2D eigenvalue weighted by Gasteiger charge is 2.22. The monoisotopic (exact) mass is 291 g/mol. The van der Waals surface area contributed by atoms with Crippen molar-refractivity contribution >= 4 is 33.2 Å². The second-order valence-corrected chi connectivity index (χ2v) is 6.39. The van der Waals surface area contributed by atoms with Crippen LogP contribution in [0.3, 0.4) is 0 Å². The van der Waals surface area contributed by atoms with Gasteiger partial charge in [0.05, 0.1) is 3.79 Å². The average molecular weight is 292 g/mol. The Morgan fingerprint density at radius 1 is 1.60 bits per heavy atom. The fourth-order valence-electron chi connectivity index (χ4n) is 1.14. The first kappa shape index (κ1) is 12.7. The van der Waals surface area contributed by atoms with Gasteiger partial charge in [0, 0.05) is 16.8 Å². The smallest absolute Gasteiger partial charge is 0.245 e. The molecule has 2 N–H and O–H groups in total. The number of aliphatic hydroxyl groups excluding tert-OH is 1. The van der Waals surface area contributed by atoms with E-state index in [9.17, 15) is 4.79 Å². The van der Waals surface area contributed by atoms with E-state index in [0.717, 1.165) is 3.79 Å². The summed E-state index contributed by atoms with van der Waals surface area (Å²) in [5, 5.41) is 11.3. The Kier molecular flexibility index (Phi) is 4.31. The van der Waals surface area contributed by atoms with Gasteiger partial charge in [0.15, 0.2) is 0 Å². The van der Waals surface area contributed by atoms with Gasteiger partial charge >= 0.3 is 0 Å². The molecule has 5 heteroatoms. The number of carbonyl (C=O) groups is 1. The van der Waals surface area contributed by atoms with E-state index in [1.165, 1.54) is 4.88 Å². The Bertz CT molecular complexity index is 349. The first-order valence-corrected chi connectivity index (χ1v) is 6.20. The highest BCUT2D eigenvalue weighted by Crippen LogP contribution is 2.32. The minimum atomic E-state index is -0.454. The van der Waals surface area contributed by atoms with Crippen LogP contribution in [0.4, 0.5) is 0 Å². The van der Waals surface area contributed by atoms with E-state index in [-0.39, 0.29) is 11.3 Å². The number of amides is 1. The first-order valence-electron chi connectivity index (χ1n) is 4.59. The molecule has 1 amide bonds. The highest BCUT2D eigenvalue weighted by molar-refractivity contribution is 9.11. The molecule has 1 aromatic rings. The minimum Gasteiger partial charge on any atom is -0.387 e. The molecule has 1 heterocycles. The maximum atomic E-state index is 10.9. The van der Waals surface area contributed by atoms with Crippen LogP contribution < -0.4 is 5.32 Å². The molecule has 0 atom stereocenters. The molecule has 0 spiro atoms. The SMILES string of the molecule is CC(C)(CNC(=O)CO)c1ccc(Br)s1. The van der Waals surface area contributed by atoms with Crippen LogP contribution in [-0.2, 0) is 10.2 Å². The molecule has 0 saturated carbocycles. The number of carbonyl (C=O) groups excluding carboxylic acids is 1. The molecule has 0 aliphatic heterocycles. The standard InChI is InChI=1S/C10H14BrNO2S/c1-10(2,6-12-9(14)5-13)7-3-4-8(11)15-7/h3-4,13H,5-6H2,1-2H3,(H,12,14). The van der Waals surface area contributed by atoms with Gasteiger partial charge in [-0.25, -0.2) is 0 Å². The van der Waals surface area contributed by atoms with Crippen LogP contribution in [0.2, 0.25) is 0 Å². The number of rotatable bonds is 4. The zero-order valence-corrected chi connectivity index (χ0v) is 11.1. The van der Waals surface area contributed by atoms with Gasteiger partial charge in [-0.05, 0) is 28.1 Å². The second-order valence-electron chi connectivity index (χ2n) is 3.92. The van der Waals surface area contributed by atoms with Gasteiger partial charge < -0.3 is 10.4 Å². The molecule has 3 nitrogen and oxygen atoms in total. The molecule has 0 aliphatic rings. The maximum absolute atomic E-state index is 10.9. The van der Waals surface area contributed by atoms with E-state index in [4.69, 9.17) is 5.11 Å². The summed E-state index contributed by atoms with van der Waals surface area (Å²) < 4.78 is 1.08. The molecule has 0 saturated heterocycles. The van der Waals surface area contributed by atoms with Gasteiger partial charge in [-0.1, -0.05) is 13.8 Å². The predicted octanol–water partition coefficient (Wildman–Crippen LogP) is 1.90. The van der Waals surface area contributed by atoms with Crippen LogP contribution in [0.25, 0.3) is 0 Å². The number of aliphatic hydroxyl groups is 1. The zero-order valence-electron chi connectivity index (χ0n) is 8.71. The molecule has 0 aliphatic carbocycles. The molecule has 0 bridgehead atoms. The lowest BCUT2D eigenvalue weighted by Crippen LogP contribution is -2.37. The lowest BCUT2D eigenvalue weighted by Gasteiger charge is -2.23. The number of halogens is 1. The largest absolute Gasteiger partial charge is 0.387 e. The van der Waals surface area contributed by atoms with E-state index in [1.54, 1.807) is 11.3 Å². The van der Waals surface area contributed by atoms with Crippen LogP contribution in [0.15, 0.2) is 15.9 Å². The summed E-state index contributed by atoms with van der Waals surface area (Å²) >= 11 is 5.07. The minimum absolute atomic E-state index is 0.110. The van der Waals surface area contributed by atoms with Crippen molar-refractivity contribution < 1.29 is 9.90 Å². The van der Waals surface area contributed by atoms with E-state index in [0.29, 0.717) is 6.54 Å². The van der Waals surface area contributed by atoms with Crippen molar-refractivity contribution in [1.82, 2.24) is 5.32 Å². The second kappa shape index (κ2) is 5.09. The van der Waals surface area contributed by atoms with Crippen LogP contribution in [-0.4, -0.2) is 24.2 Å². The van der Waals surface area contributed by atoms with Gasteiger partial charge in [-0.15, -0.1) is 11.3 Å². The Labute approximate surface area is 102 Å². The van der Waals surface area contributed by atoms with Crippen molar-refractivity contribution in [2.75, 3.05) is 13.2 Å². The molecule has 15 heavy (non-hydrogen) atoms. The summed E-state index contributed by atoms with van der Waals surface area (Å²) in [4.78, 5) is 12.1. The topological polar surface area (TPSA) is 49.3 Å². The fraction of sp³-hybridized carbons (Fsp3) is 0.500. The summed E-state index contributed by atoms with van der Waals surface area (Å²) in [5.41, 5.74) is -0.110. The Hall–Kier alpha value is -0.390. The third-order valence-electron chi connectivity index (χ3n) is 2.11. The molecule has 0 radical (unpaired) electrons. The maximum Gasteiger partial charge on any atom is 0.245 e. The van der Waals surface area contributed by atoms with Crippen molar-refractivity contribution in [2.24, 2.45) is 0 Å². The zero-order chi connectivity index (χ0) is 11.5. The van der Waals surface area contributed by atoms with Crippen molar-refractivity contribution in [1.29, 1.82) is 0 Å². The quantitative estimate of drug-likeness (QED) is 0.890. The summed E-state index contributed by atoms with van der Waals surface area (Å²) in [6, 6.07) is 4.04. The van der Waals surface area contributed by atoms with Crippen molar-refractivity contribution in [3.8, 4) is 0 Å². The number of hydrogen-bond acceptors (Lipinski definition) is 3. The third-order valence-corrected chi connectivity index (χ3v) is 4.10. The van der Waals surface area contributed by atoms with Crippen LogP contribution in [0, 0.1) is 0 Å². The number of hydrogen-bond donors (Lipinski definition) is 2. The lowest BCUT2D eigenvalue weighted by molar-refractivity contribution is -0.124. The van der Waals surface area contributed by atoms with Crippen molar-refractivity contribution in [3.05, 3.63) is 20.8 Å². The molecule has 0 unspecified atom stereocenters. The van der Waals surface area contributed by atoms with Crippen LogP contribution in [0.1, 0.15) is 18.7 Å². The van der Waals surface area contributed by atoms with E-state index >= 15 is 0 Å². The van der Waals surface area contributed by atoms with E-state index < -0.39 is 6.61 Å². The van der Waals surface area contributed by atoms with Crippen molar-refractivity contribution in [2.45, 2.75) is 19.3 Å². The average Bonchev–Trinajstić information content (AvgIpc) is 2.62. The summed E-state index contributed by atoms with van der Waals surface area (Å²) in [6.45, 7) is 4.19. The molecule has 84 valence electrons. The van der Waals surface area contributed by atoms with Gasteiger partial charge in [-0.3, -0.25) is 4.79 Å². The van der Waals surface area contributed by atoms with Gasteiger partial charge in [0.1, 0.15) is 6.61 Å². The van der Waals surface area contributed by atoms with Gasteiger partial charge in [0.25, 0.3) is 0 Å². The molecule has 1 rings (SSSR count). The summed E-state index contributed by atoms with van der Waals surface area (Å²) in [5.74, 6) is -0.335. The van der Waals surface area contributed by atoms with Gasteiger partial charge in [-0.2, -0.15) is 0 Å². The van der Waals surface area contributed by atoms with Crippen LogP contribution in [0.5, 0.6) is 0 Å². The highest BCUT2D eigenvalue weighted by atomic mass is 79.9. The Morgan fingerprint density at radius 3 is 2.73 bits per heavy atom. The van der Waals surface area contributed by atoms with Crippen LogP contribution >= 0.6 is 27.3 Å². The predicted molar refractivity (Wildman–Crippen MR) is 65.1 cm³/mol. The third kappa shape index (κ3) is 3.59. The van der Waals surface area contributed by atoms with Gasteiger partial charge in [0.2, 0.25) is 5.91 Å². The molecular formula is C10H14BrNO2S. The fourth-order valence-corrected chi connectivity index (χ4v) is 2.63. The number of nitrogens with one attached hydrogen (secondary N) is 1. The molecular weight excluding hydrogens is 278 g/mol. The molecule has 1 aromatic heterocycles. The van der Waals surface area contributed by atoms with E-state index in [1.807, 2.05) is 12.1 Å².